The second kappa shape index (κ2) is 6.94. The van der Waals surface area contributed by atoms with Crippen molar-refractivity contribution in [1.82, 2.24) is 0 Å². The molecule has 94 valence electrons. The summed E-state index contributed by atoms with van der Waals surface area (Å²) in [5, 5.41) is 9.04. The van der Waals surface area contributed by atoms with Crippen molar-refractivity contribution < 1.29 is 14.6 Å². The minimum Gasteiger partial charge on any atom is -0.494 e. The molecule has 1 unspecified atom stereocenters. The minimum absolute atomic E-state index is 0.417. The summed E-state index contributed by atoms with van der Waals surface area (Å²) in [4.78, 5) is 11.0. The van der Waals surface area contributed by atoms with Crippen LogP contribution >= 0.6 is 0 Å². The summed E-state index contributed by atoms with van der Waals surface area (Å²) in [6, 6.07) is 7.36. The van der Waals surface area contributed by atoms with Crippen LogP contribution in [0.5, 0.6) is 5.75 Å². The third-order valence-electron chi connectivity index (χ3n) is 2.76. The highest BCUT2D eigenvalue weighted by Gasteiger charge is 2.16. The van der Waals surface area contributed by atoms with Crippen LogP contribution in [-0.4, -0.2) is 17.7 Å². The van der Waals surface area contributed by atoms with E-state index in [0.717, 1.165) is 24.2 Å². The number of ether oxygens (including phenoxy) is 1. The van der Waals surface area contributed by atoms with Gasteiger partial charge in [-0.05, 0) is 30.5 Å². The van der Waals surface area contributed by atoms with E-state index in [1.165, 1.54) is 0 Å². The van der Waals surface area contributed by atoms with Gasteiger partial charge in [-0.3, -0.25) is 4.79 Å². The molecule has 1 atom stereocenters. The van der Waals surface area contributed by atoms with Crippen molar-refractivity contribution in [3.63, 3.8) is 0 Å². The molecule has 0 bridgehead atoms. The van der Waals surface area contributed by atoms with Gasteiger partial charge in [0.1, 0.15) is 5.75 Å². The topological polar surface area (TPSA) is 46.5 Å². The van der Waals surface area contributed by atoms with Gasteiger partial charge in [-0.1, -0.05) is 32.4 Å². The average Bonchev–Trinajstić information content (AvgIpc) is 2.32. The molecule has 0 heterocycles. The lowest BCUT2D eigenvalue weighted by Crippen LogP contribution is -2.10. The van der Waals surface area contributed by atoms with Gasteiger partial charge in [-0.2, -0.15) is 0 Å². The standard InChI is InChI=1S/C14H20O3/c1-3-5-10-17-12-8-6-11(7-9-12)13(4-2)14(15)16/h6-9,13H,3-5,10H2,1-2H3,(H,15,16). The predicted octanol–water partition coefficient (Wildman–Crippen LogP) is 3.44. The molecule has 1 rings (SSSR count). The molecule has 0 aliphatic carbocycles. The SMILES string of the molecule is CCCCOc1ccc(C(CC)C(=O)O)cc1. The van der Waals surface area contributed by atoms with Crippen molar-refractivity contribution in [2.24, 2.45) is 0 Å². The molecule has 0 aliphatic rings. The smallest absolute Gasteiger partial charge is 0.310 e. The van der Waals surface area contributed by atoms with E-state index in [1.807, 2.05) is 31.2 Å². The first kappa shape index (κ1) is 13.6. The monoisotopic (exact) mass is 236 g/mol. The molecule has 0 spiro atoms. The molecule has 3 heteroatoms. The third kappa shape index (κ3) is 4.10. The van der Waals surface area contributed by atoms with Crippen LogP contribution in [0.15, 0.2) is 24.3 Å². The Bertz CT molecular complexity index is 343. The van der Waals surface area contributed by atoms with Gasteiger partial charge in [0.2, 0.25) is 0 Å². The number of carbonyl (C=O) groups is 1. The van der Waals surface area contributed by atoms with Crippen LogP contribution in [-0.2, 0) is 4.79 Å². The van der Waals surface area contributed by atoms with Crippen molar-refractivity contribution in [2.45, 2.75) is 39.0 Å². The predicted molar refractivity (Wildman–Crippen MR) is 67.5 cm³/mol. The summed E-state index contributed by atoms with van der Waals surface area (Å²) >= 11 is 0. The molecule has 0 saturated heterocycles. The lowest BCUT2D eigenvalue weighted by atomic mass is 9.97. The van der Waals surface area contributed by atoms with Gasteiger partial charge in [0.05, 0.1) is 12.5 Å². The van der Waals surface area contributed by atoms with E-state index >= 15 is 0 Å². The first-order valence-electron chi connectivity index (χ1n) is 6.14. The number of benzene rings is 1. The lowest BCUT2D eigenvalue weighted by molar-refractivity contribution is -0.138. The normalized spacial score (nSPS) is 12.1. The highest BCUT2D eigenvalue weighted by Crippen LogP contribution is 2.22. The molecule has 1 N–H and O–H groups in total. The Kier molecular flexibility index (Phi) is 5.53. The van der Waals surface area contributed by atoms with E-state index in [4.69, 9.17) is 9.84 Å². The Balaban J connectivity index is 2.63. The van der Waals surface area contributed by atoms with E-state index in [0.29, 0.717) is 13.0 Å². The van der Waals surface area contributed by atoms with Gasteiger partial charge in [0, 0.05) is 0 Å². The second-order valence-electron chi connectivity index (χ2n) is 4.07. The first-order chi connectivity index (χ1) is 8.19. The molecule has 0 amide bonds. The zero-order chi connectivity index (χ0) is 12.7. The molecule has 0 aliphatic heterocycles. The molecule has 0 radical (unpaired) electrons. The summed E-state index contributed by atoms with van der Waals surface area (Å²) in [5.74, 6) is -0.380. The second-order valence-corrected chi connectivity index (χ2v) is 4.07. The number of hydrogen-bond donors (Lipinski definition) is 1. The number of hydrogen-bond acceptors (Lipinski definition) is 2. The van der Waals surface area contributed by atoms with Crippen molar-refractivity contribution in [3.05, 3.63) is 29.8 Å². The maximum atomic E-state index is 11.0. The number of carboxylic acids is 1. The van der Waals surface area contributed by atoms with Crippen LogP contribution in [0.1, 0.15) is 44.6 Å². The van der Waals surface area contributed by atoms with E-state index in [-0.39, 0.29) is 0 Å². The fourth-order valence-corrected chi connectivity index (χ4v) is 1.68. The zero-order valence-electron chi connectivity index (χ0n) is 10.5. The van der Waals surface area contributed by atoms with Gasteiger partial charge in [-0.15, -0.1) is 0 Å². The van der Waals surface area contributed by atoms with Gasteiger partial charge in [-0.25, -0.2) is 0 Å². The Morgan fingerprint density at radius 1 is 1.29 bits per heavy atom. The fraction of sp³-hybridized carbons (Fsp3) is 0.500. The van der Waals surface area contributed by atoms with Crippen molar-refractivity contribution in [1.29, 1.82) is 0 Å². The summed E-state index contributed by atoms with van der Waals surface area (Å²) in [6.07, 6.45) is 2.74. The van der Waals surface area contributed by atoms with Crippen LogP contribution in [0.25, 0.3) is 0 Å². The van der Waals surface area contributed by atoms with Crippen molar-refractivity contribution in [3.8, 4) is 5.75 Å². The Morgan fingerprint density at radius 3 is 2.41 bits per heavy atom. The maximum Gasteiger partial charge on any atom is 0.310 e. The van der Waals surface area contributed by atoms with E-state index in [1.54, 1.807) is 0 Å². The number of aliphatic carboxylic acids is 1. The van der Waals surface area contributed by atoms with Crippen LogP contribution < -0.4 is 4.74 Å². The van der Waals surface area contributed by atoms with Crippen molar-refractivity contribution in [2.75, 3.05) is 6.61 Å². The fourth-order valence-electron chi connectivity index (χ4n) is 1.68. The Morgan fingerprint density at radius 2 is 1.94 bits per heavy atom. The quantitative estimate of drug-likeness (QED) is 0.738. The summed E-state index contributed by atoms with van der Waals surface area (Å²) in [5.41, 5.74) is 0.836. The molecule has 17 heavy (non-hydrogen) atoms. The van der Waals surface area contributed by atoms with Crippen molar-refractivity contribution >= 4 is 5.97 Å². The summed E-state index contributed by atoms with van der Waals surface area (Å²) in [6.45, 7) is 4.71. The summed E-state index contributed by atoms with van der Waals surface area (Å²) in [7, 11) is 0. The Labute approximate surface area is 102 Å². The molecular formula is C14H20O3. The third-order valence-corrected chi connectivity index (χ3v) is 2.76. The molecular weight excluding hydrogens is 216 g/mol. The van der Waals surface area contributed by atoms with Crippen LogP contribution in [0.4, 0.5) is 0 Å². The van der Waals surface area contributed by atoms with Gasteiger partial charge < -0.3 is 9.84 Å². The van der Waals surface area contributed by atoms with Gasteiger partial charge in [0.15, 0.2) is 0 Å². The van der Waals surface area contributed by atoms with E-state index in [2.05, 4.69) is 6.92 Å². The highest BCUT2D eigenvalue weighted by atomic mass is 16.5. The Hall–Kier alpha value is -1.51. The largest absolute Gasteiger partial charge is 0.494 e. The zero-order valence-corrected chi connectivity index (χ0v) is 10.5. The number of rotatable bonds is 7. The minimum atomic E-state index is -0.771. The first-order valence-corrected chi connectivity index (χ1v) is 6.14. The molecule has 0 aromatic heterocycles. The molecule has 3 nitrogen and oxygen atoms in total. The maximum absolute atomic E-state index is 11.0. The number of unbranched alkanes of at least 4 members (excludes halogenated alkanes) is 1. The van der Waals surface area contributed by atoms with E-state index in [9.17, 15) is 4.79 Å². The molecule has 1 aromatic rings. The van der Waals surface area contributed by atoms with E-state index < -0.39 is 11.9 Å². The lowest BCUT2D eigenvalue weighted by Gasteiger charge is -2.11. The van der Waals surface area contributed by atoms with Gasteiger partial charge in [0.25, 0.3) is 0 Å². The average molecular weight is 236 g/mol. The van der Waals surface area contributed by atoms with Crippen LogP contribution in [0.3, 0.4) is 0 Å². The highest BCUT2D eigenvalue weighted by molar-refractivity contribution is 5.76. The van der Waals surface area contributed by atoms with Crippen LogP contribution in [0, 0.1) is 0 Å². The molecule has 0 fully saturated rings. The summed E-state index contributed by atoms with van der Waals surface area (Å²) < 4.78 is 5.53. The number of carboxylic acid groups (broad SMARTS) is 1. The van der Waals surface area contributed by atoms with Crippen LogP contribution in [0.2, 0.25) is 0 Å². The van der Waals surface area contributed by atoms with Gasteiger partial charge >= 0.3 is 5.97 Å². The molecule has 1 aromatic carbocycles. The molecule has 0 saturated carbocycles.